The minimum atomic E-state index is -2.25. The van der Waals surface area contributed by atoms with Crippen molar-refractivity contribution in [3.05, 3.63) is 29.8 Å². The third kappa shape index (κ3) is 4.00. The summed E-state index contributed by atoms with van der Waals surface area (Å²) in [6.45, 7) is 4.21. The lowest BCUT2D eigenvalue weighted by molar-refractivity contribution is -0.185. The highest BCUT2D eigenvalue weighted by Crippen LogP contribution is 2.48. The molecule has 33 heavy (non-hydrogen) atoms. The van der Waals surface area contributed by atoms with Gasteiger partial charge in [-0.15, -0.1) is 0 Å². The zero-order chi connectivity index (χ0) is 24.6. The van der Waals surface area contributed by atoms with Crippen molar-refractivity contribution >= 4 is 17.5 Å². The van der Waals surface area contributed by atoms with Gasteiger partial charge in [-0.3, -0.25) is 4.79 Å². The number of aliphatic hydroxyl groups excluding tert-OH is 2. The van der Waals surface area contributed by atoms with Gasteiger partial charge in [0.1, 0.15) is 16.7 Å². The normalized spacial score (nSPS) is 35.2. The molecule has 0 aromatic heterocycles. The predicted molar refractivity (Wildman–Crippen MR) is 123 cm³/mol. The van der Waals surface area contributed by atoms with E-state index in [9.17, 15) is 30.0 Å². The number of hydrogen-bond acceptors (Lipinski definition) is 8. The molecule has 1 heterocycles. The lowest BCUT2D eigenvalue weighted by atomic mass is 9.73. The Balaban J connectivity index is 2.02. The molecule has 10 nitrogen and oxygen atoms in total. The molecule has 184 valence electrons. The molecule has 0 spiro atoms. The molecule has 0 bridgehead atoms. The molecule has 1 saturated carbocycles. The van der Waals surface area contributed by atoms with Crippen LogP contribution in [0.3, 0.4) is 0 Å². The van der Waals surface area contributed by atoms with E-state index in [4.69, 9.17) is 5.73 Å². The Labute approximate surface area is 193 Å². The number of amides is 2. The first-order valence-corrected chi connectivity index (χ1v) is 11.4. The smallest absolute Gasteiger partial charge is 0.318 e. The highest BCUT2D eigenvalue weighted by molar-refractivity contribution is 5.95. The molecule has 1 saturated heterocycles. The van der Waals surface area contributed by atoms with Crippen molar-refractivity contribution in [2.45, 2.75) is 75.0 Å². The molecule has 10 heteroatoms. The Bertz CT molecular complexity index is 887. The van der Waals surface area contributed by atoms with Crippen LogP contribution in [0.1, 0.15) is 50.4 Å². The minimum absolute atomic E-state index is 0.161. The van der Waals surface area contributed by atoms with Crippen LogP contribution in [0.4, 0.5) is 10.5 Å². The molecular formula is C23H36N4O6. The number of urea groups is 1. The highest BCUT2D eigenvalue weighted by atomic mass is 16.4. The van der Waals surface area contributed by atoms with E-state index in [-0.39, 0.29) is 5.78 Å². The number of likely N-dealkylation sites (tertiary alicyclic amines) is 1. The monoisotopic (exact) mass is 464 g/mol. The molecule has 1 aliphatic carbocycles. The van der Waals surface area contributed by atoms with Crippen molar-refractivity contribution in [3.63, 3.8) is 0 Å². The zero-order valence-corrected chi connectivity index (χ0v) is 19.4. The molecule has 6 atom stereocenters. The number of nitrogens with zero attached hydrogens (tertiary/aromatic N) is 1. The first-order valence-electron chi connectivity index (χ1n) is 11.4. The first kappa shape index (κ1) is 25.4. The molecule has 2 amide bonds. The van der Waals surface area contributed by atoms with E-state index in [2.05, 4.69) is 10.6 Å². The SMILES string of the molecule is CC(=O)c1cccc(N[C@H]2[C@H](N)[C@@](NC(=O)N3CCCCC3)([C@H](C)O)[C@@](C)(O)[C@@]2(O)CO)c1. The fraction of sp³-hybridized carbons (Fsp3) is 0.652. The molecule has 8 N–H and O–H groups in total. The Morgan fingerprint density at radius 2 is 1.88 bits per heavy atom. The molecule has 2 aliphatic rings. The number of carbonyl (C=O) groups excluding carboxylic acids is 2. The summed E-state index contributed by atoms with van der Waals surface area (Å²) in [4.78, 5) is 26.5. The second-order valence-corrected chi connectivity index (χ2v) is 9.46. The fourth-order valence-corrected chi connectivity index (χ4v) is 5.36. The van der Waals surface area contributed by atoms with Crippen LogP contribution in [0.25, 0.3) is 0 Å². The number of rotatable bonds is 6. The second-order valence-electron chi connectivity index (χ2n) is 9.46. The Morgan fingerprint density at radius 3 is 2.42 bits per heavy atom. The maximum Gasteiger partial charge on any atom is 0.318 e. The van der Waals surface area contributed by atoms with Gasteiger partial charge in [-0.25, -0.2) is 4.79 Å². The lowest BCUT2D eigenvalue weighted by Crippen LogP contribution is -2.76. The summed E-state index contributed by atoms with van der Waals surface area (Å²) in [5.74, 6) is -0.161. The average molecular weight is 465 g/mol. The minimum Gasteiger partial charge on any atom is -0.393 e. The van der Waals surface area contributed by atoms with Crippen LogP contribution in [-0.2, 0) is 0 Å². The van der Waals surface area contributed by atoms with Gasteiger partial charge in [0.05, 0.1) is 24.8 Å². The van der Waals surface area contributed by atoms with Crippen molar-refractivity contribution in [3.8, 4) is 0 Å². The van der Waals surface area contributed by atoms with Crippen LogP contribution in [0.2, 0.25) is 0 Å². The van der Waals surface area contributed by atoms with Crippen molar-refractivity contribution < 1.29 is 30.0 Å². The van der Waals surface area contributed by atoms with Crippen molar-refractivity contribution in [1.82, 2.24) is 10.2 Å². The van der Waals surface area contributed by atoms with Crippen molar-refractivity contribution in [2.75, 3.05) is 25.0 Å². The molecule has 0 radical (unpaired) electrons. The number of ketones is 1. The van der Waals surface area contributed by atoms with E-state index in [0.29, 0.717) is 24.3 Å². The highest BCUT2D eigenvalue weighted by Gasteiger charge is 2.75. The summed E-state index contributed by atoms with van der Waals surface area (Å²) >= 11 is 0. The number of benzene rings is 1. The third-order valence-corrected chi connectivity index (χ3v) is 7.50. The van der Waals surface area contributed by atoms with Crippen LogP contribution in [0.5, 0.6) is 0 Å². The zero-order valence-electron chi connectivity index (χ0n) is 19.4. The van der Waals surface area contributed by atoms with Gasteiger partial charge in [0, 0.05) is 24.3 Å². The molecule has 2 fully saturated rings. The maximum atomic E-state index is 13.1. The largest absolute Gasteiger partial charge is 0.393 e. The molecule has 1 aromatic carbocycles. The van der Waals surface area contributed by atoms with Gasteiger partial charge >= 0.3 is 6.03 Å². The number of carbonyl (C=O) groups is 2. The summed E-state index contributed by atoms with van der Waals surface area (Å²) in [5.41, 5.74) is 1.03. The molecule has 0 unspecified atom stereocenters. The third-order valence-electron chi connectivity index (χ3n) is 7.50. The van der Waals surface area contributed by atoms with Crippen LogP contribution in [-0.4, -0.2) is 91.8 Å². The summed E-state index contributed by atoms with van der Waals surface area (Å²) in [5, 5.41) is 49.9. The number of anilines is 1. The Hall–Kier alpha value is -2.24. The molecule has 3 rings (SSSR count). The topological polar surface area (TPSA) is 168 Å². The number of hydrogen-bond donors (Lipinski definition) is 7. The standard InChI is InChI=1S/C23H36N4O6/c1-14(29)16-8-7-9-17(12-16)25-19-18(24)23(15(2)30,21(3,32)22(19,33)13-28)26-20(31)27-10-5-4-6-11-27/h7-9,12,15,18-19,25,28,30,32-33H,4-6,10-11,13,24H2,1-3H3,(H,26,31)/t15-,18-,19-,21-,22+,23-/m0/s1. The fourth-order valence-electron chi connectivity index (χ4n) is 5.36. The van der Waals surface area contributed by atoms with E-state index in [0.717, 1.165) is 19.3 Å². The predicted octanol–water partition coefficient (Wildman–Crippen LogP) is -0.200. The van der Waals surface area contributed by atoms with Crippen molar-refractivity contribution in [2.24, 2.45) is 5.73 Å². The van der Waals surface area contributed by atoms with E-state index in [1.807, 2.05) is 0 Å². The summed E-state index contributed by atoms with van der Waals surface area (Å²) in [6.07, 6.45) is 1.31. The molecular weight excluding hydrogens is 428 g/mol. The van der Waals surface area contributed by atoms with Gasteiger partial charge in [-0.2, -0.15) is 0 Å². The van der Waals surface area contributed by atoms with Gasteiger partial charge in [0.25, 0.3) is 0 Å². The summed E-state index contributed by atoms with van der Waals surface area (Å²) in [7, 11) is 0. The van der Waals surface area contributed by atoms with Crippen LogP contribution >= 0.6 is 0 Å². The van der Waals surface area contributed by atoms with E-state index in [1.165, 1.54) is 20.8 Å². The van der Waals surface area contributed by atoms with Crippen LogP contribution in [0.15, 0.2) is 24.3 Å². The van der Waals surface area contributed by atoms with Crippen LogP contribution in [0, 0.1) is 0 Å². The van der Waals surface area contributed by atoms with Gasteiger partial charge < -0.3 is 41.7 Å². The Morgan fingerprint density at radius 1 is 1.24 bits per heavy atom. The second kappa shape index (κ2) is 9.19. The van der Waals surface area contributed by atoms with Crippen LogP contribution < -0.4 is 16.4 Å². The van der Waals surface area contributed by atoms with E-state index in [1.54, 1.807) is 29.2 Å². The quantitative estimate of drug-likeness (QED) is 0.284. The number of piperidine rings is 1. The molecule has 1 aromatic rings. The number of nitrogens with two attached hydrogens (primary N) is 1. The average Bonchev–Trinajstić information content (AvgIpc) is 2.91. The molecule has 1 aliphatic heterocycles. The number of aliphatic hydroxyl groups is 4. The first-order chi connectivity index (χ1) is 15.4. The number of nitrogens with one attached hydrogen (secondary N) is 2. The van der Waals surface area contributed by atoms with Gasteiger partial charge in [0.15, 0.2) is 5.78 Å². The Kier molecular flexibility index (Phi) is 7.07. The van der Waals surface area contributed by atoms with E-state index >= 15 is 0 Å². The maximum absolute atomic E-state index is 13.1. The van der Waals surface area contributed by atoms with Crippen molar-refractivity contribution in [1.29, 1.82) is 0 Å². The van der Waals surface area contributed by atoms with Gasteiger partial charge in [0.2, 0.25) is 0 Å². The van der Waals surface area contributed by atoms with Gasteiger partial charge in [-0.1, -0.05) is 12.1 Å². The number of Topliss-reactive ketones (excluding diaryl/α,β-unsaturated/α-hetero) is 1. The lowest BCUT2D eigenvalue weighted by Gasteiger charge is -2.49. The summed E-state index contributed by atoms with van der Waals surface area (Å²) in [6, 6.07) is 3.59. The van der Waals surface area contributed by atoms with E-state index < -0.39 is 47.6 Å². The van der Waals surface area contributed by atoms with Gasteiger partial charge in [-0.05, 0) is 52.2 Å². The summed E-state index contributed by atoms with van der Waals surface area (Å²) < 4.78 is 0.